The number of aliphatic hydroxyl groups excluding tert-OH is 1. The molecule has 0 saturated heterocycles. The molecule has 3 N–H and O–H groups in total. The van der Waals surface area contributed by atoms with Crippen LogP contribution in [0.5, 0.6) is 0 Å². The van der Waals surface area contributed by atoms with Gasteiger partial charge in [-0.05, 0) is 169 Å². The minimum atomic E-state index is -3.76. The molecule has 0 bridgehead atoms. The normalized spacial score (nSPS) is 14.2. The average Bonchev–Trinajstić information content (AvgIpc) is 1.63. The van der Waals surface area contributed by atoms with Gasteiger partial charge in [-0.1, -0.05) is 42.8 Å². The minimum absolute atomic E-state index is 0.000127. The number of pyridine rings is 2. The number of nitrogens with zero attached hydrogens (tertiary/aromatic N) is 4. The highest BCUT2D eigenvalue weighted by Gasteiger charge is 2.34. The van der Waals surface area contributed by atoms with Crippen LogP contribution in [-0.4, -0.2) is 91.0 Å². The fourth-order valence-electron chi connectivity index (χ4n) is 12.6. The van der Waals surface area contributed by atoms with Crippen LogP contribution in [0.25, 0.3) is 90.4 Å². The van der Waals surface area contributed by atoms with Gasteiger partial charge in [0.1, 0.15) is 46.0 Å². The van der Waals surface area contributed by atoms with Crippen molar-refractivity contribution in [2.75, 3.05) is 55.9 Å². The van der Waals surface area contributed by atoms with Crippen LogP contribution in [0.15, 0.2) is 142 Å². The number of allylic oxidation sites excluding steroid dienone is 2. The Morgan fingerprint density at radius 2 is 1.14 bits per heavy atom. The number of fused-ring (bicyclic) bond motifs is 8. The summed E-state index contributed by atoms with van der Waals surface area (Å²) in [5.41, 5.74) is 12.3. The predicted molar refractivity (Wildman–Crippen MR) is 356 cm³/mol. The third-order valence-electron chi connectivity index (χ3n) is 17.5. The number of amides is 2. The van der Waals surface area contributed by atoms with Crippen molar-refractivity contribution in [2.45, 2.75) is 57.3 Å². The van der Waals surface area contributed by atoms with Crippen LogP contribution in [-0.2, 0) is 39.3 Å². The molecule has 2 amide bonds. The Morgan fingerprint density at radius 1 is 0.613 bits per heavy atom. The number of carbonyl (C=O) groups is 2. The van der Waals surface area contributed by atoms with Crippen LogP contribution < -0.4 is 19.2 Å². The van der Waals surface area contributed by atoms with E-state index in [2.05, 4.69) is 10.6 Å². The summed E-state index contributed by atoms with van der Waals surface area (Å²) in [6.07, 6.45) is 11.9. The number of hydrogen-bond acceptors (Lipinski definition) is 11. The van der Waals surface area contributed by atoms with Crippen LogP contribution in [0, 0.1) is 23.3 Å². The maximum Gasteiger partial charge on any atom is 0.255 e. The van der Waals surface area contributed by atoms with E-state index >= 15 is 0 Å². The zero-order chi connectivity index (χ0) is 65.8. The molecule has 0 aliphatic heterocycles. The molecule has 0 radical (unpaired) electrons. The summed E-state index contributed by atoms with van der Waals surface area (Å²) in [7, 11) is -1.62. The topological polar surface area (TPSA) is 205 Å². The number of anilines is 2. The van der Waals surface area contributed by atoms with Gasteiger partial charge in [0.25, 0.3) is 11.8 Å². The van der Waals surface area contributed by atoms with Crippen molar-refractivity contribution in [2.24, 2.45) is 0 Å². The largest absolute Gasteiger partial charge is 0.455 e. The van der Waals surface area contributed by atoms with Gasteiger partial charge in [0.15, 0.2) is 0 Å². The summed E-state index contributed by atoms with van der Waals surface area (Å²) in [6.45, 7) is 0.0552. The lowest BCUT2D eigenvalue weighted by atomic mass is 9.84. The number of sulfonamides is 2. The molecule has 1 unspecified atom stereocenters. The van der Waals surface area contributed by atoms with E-state index in [1.165, 1.54) is 88.9 Å². The summed E-state index contributed by atoms with van der Waals surface area (Å²) in [6, 6.07) is 35.4. The van der Waals surface area contributed by atoms with Crippen LogP contribution in [0.1, 0.15) is 104 Å². The minimum Gasteiger partial charge on any atom is -0.455 e. The maximum atomic E-state index is 14.9. The van der Waals surface area contributed by atoms with Crippen molar-refractivity contribution in [1.29, 1.82) is 0 Å². The van der Waals surface area contributed by atoms with Crippen molar-refractivity contribution in [1.82, 2.24) is 20.6 Å². The summed E-state index contributed by atoms with van der Waals surface area (Å²) in [5.74, 6) is -1.91. The first-order valence-electron chi connectivity index (χ1n) is 30.2. The number of carbonyl (C=O) groups excluding carboxylic acids is 2. The highest BCUT2D eigenvalue weighted by Crippen LogP contribution is 2.49. The number of aryl methyl sites for hydroxylation is 2. The molecule has 3 aliphatic carbocycles. The first kappa shape index (κ1) is 63.4. The van der Waals surface area contributed by atoms with E-state index in [-0.39, 0.29) is 63.7 Å². The number of hydrogen-bond donors (Lipinski definition) is 3. The SMILES string of the molecule is CNC(=O)c1c(-c2ccc(F)cc2)oc2cc(N(C)S(C)(=O)=O)c(-c3ccc(CCCCO)c(C4=Cc5c(F)cccc5C4)n3)cc12.CNC(=O)c1c(-c2ccc(F)cc2)oc2cc(N(C)S(C)(=O)=O)c(-c3ccc4c(n3)C3=Cc5c(F)cccc5C3CCCC4)cc12. The van der Waals surface area contributed by atoms with Gasteiger partial charge in [0, 0.05) is 103 Å². The van der Waals surface area contributed by atoms with Crippen LogP contribution in [0.2, 0.25) is 0 Å². The second kappa shape index (κ2) is 25.4. The van der Waals surface area contributed by atoms with E-state index in [4.69, 9.17) is 18.8 Å². The second-order valence-corrected chi connectivity index (χ2v) is 27.4. The third kappa shape index (κ3) is 12.2. The number of aromatic nitrogens is 2. The lowest BCUT2D eigenvalue weighted by Crippen LogP contribution is -2.25. The highest BCUT2D eigenvalue weighted by molar-refractivity contribution is 7.92. The van der Waals surface area contributed by atoms with Crippen molar-refractivity contribution < 1.29 is 57.9 Å². The number of halogens is 4. The Kier molecular flexibility index (Phi) is 17.3. The van der Waals surface area contributed by atoms with E-state index in [9.17, 15) is 49.1 Å². The second-order valence-electron chi connectivity index (χ2n) is 23.4. The van der Waals surface area contributed by atoms with Crippen molar-refractivity contribution in [3.8, 4) is 45.2 Å². The predicted octanol–water partition coefficient (Wildman–Crippen LogP) is 14.2. The zero-order valence-electron chi connectivity index (χ0n) is 51.6. The van der Waals surface area contributed by atoms with E-state index in [0.29, 0.717) is 92.6 Å². The summed E-state index contributed by atoms with van der Waals surface area (Å²) in [4.78, 5) is 36.8. The molecule has 21 heteroatoms. The number of benzene rings is 6. The van der Waals surface area contributed by atoms with Crippen molar-refractivity contribution >= 4 is 88.5 Å². The Labute approximate surface area is 535 Å². The first-order valence-corrected chi connectivity index (χ1v) is 33.9. The van der Waals surface area contributed by atoms with Gasteiger partial charge in [-0.15, -0.1) is 0 Å². The number of furan rings is 2. The molecule has 3 aliphatic rings. The average molecular weight is 1300 g/mol. The van der Waals surface area contributed by atoms with Gasteiger partial charge < -0.3 is 24.6 Å². The van der Waals surface area contributed by atoms with E-state index in [1.807, 2.05) is 36.4 Å². The summed E-state index contributed by atoms with van der Waals surface area (Å²) >= 11 is 0. The van der Waals surface area contributed by atoms with Crippen LogP contribution >= 0.6 is 0 Å². The molecule has 6 aromatic carbocycles. The summed E-state index contributed by atoms with van der Waals surface area (Å²) < 4.78 is 123. The number of rotatable bonds is 15. The number of aliphatic hydroxyl groups is 1. The molecule has 0 fully saturated rings. The standard InChI is InChI=1S/C36H33F2N3O5S.C36H31F2N3O4S/c1-39-36(43)33-28-19-27(31(41(2)47(3,44)45)20-32(28)46-35(33)22-10-13-25(37)14-11-22)30-15-12-21(7-4-5-16-42)34(40-30)24-17-23-8-6-9-29(38)26(23)18-24;1-39-36(42)33-28-18-27(31(41(2)46(3,43)44)19-32(28)45-35(33)21-11-14-22(37)15-12-21)30-16-13-20-7-4-5-8-24-23-9-6-10-29(38)25(23)17-26(24)34(20)40-30/h6,8-15,18-20,42H,4-5,7,16-17H2,1-3H3,(H,39,43);6,9-19,24H,4-5,7-8H2,1-3H3,(H,39,42). The first-order chi connectivity index (χ1) is 44.5. The highest BCUT2D eigenvalue weighted by atomic mass is 32.2. The molecule has 476 valence electrons. The van der Waals surface area contributed by atoms with E-state index in [0.717, 1.165) is 85.9 Å². The summed E-state index contributed by atoms with van der Waals surface area (Å²) in [5, 5.41) is 15.6. The fraction of sp³-hybridized carbons (Fsp3) is 0.222. The quantitative estimate of drug-likeness (QED) is 0.0650. The lowest BCUT2D eigenvalue weighted by molar-refractivity contribution is 0.0956. The molecule has 0 saturated carbocycles. The van der Waals surface area contributed by atoms with Gasteiger partial charge >= 0.3 is 0 Å². The van der Waals surface area contributed by atoms with Gasteiger partial charge in [-0.2, -0.15) is 0 Å². The van der Waals surface area contributed by atoms with Gasteiger partial charge in [-0.25, -0.2) is 44.4 Å². The molecular formula is C72H64F4N6O9S2. The fourth-order valence-corrected chi connectivity index (χ4v) is 13.6. The Hall–Kier alpha value is -9.70. The molecule has 1 atom stereocenters. The Balaban J connectivity index is 0.000000179. The van der Waals surface area contributed by atoms with E-state index < -0.39 is 43.5 Å². The molecule has 13 rings (SSSR count). The van der Waals surface area contributed by atoms with Crippen LogP contribution in [0.3, 0.4) is 0 Å². The van der Waals surface area contributed by atoms with Crippen LogP contribution in [0.4, 0.5) is 28.9 Å². The molecular weight excluding hydrogens is 1230 g/mol. The molecule has 10 aromatic rings. The van der Waals surface area contributed by atoms with Gasteiger partial charge in [0.2, 0.25) is 20.0 Å². The zero-order valence-corrected chi connectivity index (χ0v) is 53.3. The Bertz CT molecular complexity index is 4970. The Morgan fingerprint density at radius 3 is 1.67 bits per heavy atom. The van der Waals surface area contributed by atoms with Crippen molar-refractivity contribution in [3.63, 3.8) is 0 Å². The van der Waals surface area contributed by atoms with Crippen molar-refractivity contribution in [3.05, 3.63) is 213 Å². The molecule has 4 aromatic heterocycles. The number of unbranched alkanes of at least 4 members (excludes halogenated alkanes) is 1. The third-order valence-corrected chi connectivity index (χ3v) is 19.9. The van der Waals surface area contributed by atoms with E-state index in [1.54, 1.807) is 48.5 Å². The maximum absolute atomic E-state index is 14.9. The lowest BCUT2D eigenvalue weighted by Gasteiger charge is -2.24. The van der Waals surface area contributed by atoms with Gasteiger partial charge in [0.05, 0.1) is 57.8 Å². The molecule has 93 heavy (non-hydrogen) atoms. The van der Waals surface area contributed by atoms with Gasteiger partial charge in [-0.3, -0.25) is 18.2 Å². The molecule has 0 spiro atoms. The monoisotopic (exact) mass is 1300 g/mol. The molecule has 4 heterocycles. The molecule has 15 nitrogen and oxygen atoms in total. The smallest absolute Gasteiger partial charge is 0.255 e. The number of nitrogens with one attached hydrogen (secondary N) is 2.